The van der Waals surface area contributed by atoms with Crippen molar-refractivity contribution in [1.82, 2.24) is 5.32 Å². The molecule has 1 aromatic rings. The number of thioether (sulfide) groups is 1. The third kappa shape index (κ3) is 4.66. The van der Waals surface area contributed by atoms with Gasteiger partial charge < -0.3 is 10.1 Å². The summed E-state index contributed by atoms with van der Waals surface area (Å²) >= 11 is 1.03. The molecule has 0 unspecified atom stereocenters. The van der Waals surface area contributed by atoms with Crippen molar-refractivity contribution >= 4 is 23.6 Å². The third-order valence-corrected chi connectivity index (χ3v) is 4.70. The molecule has 132 valence electrons. The lowest BCUT2D eigenvalue weighted by atomic mass is 9.99. The summed E-state index contributed by atoms with van der Waals surface area (Å²) in [5, 5.41) is 1.71. The number of carbonyl (C=O) groups excluding carboxylic acids is 2. The van der Waals surface area contributed by atoms with Gasteiger partial charge in [-0.25, -0.2) is 18.0 Å². The number of ketones is 1. The lowest BCUT2D eigenvalue weighted by Gasteiger charge is -2.32. The first-order valence-electron chi connectivity index (χ1n) is 7.34. The van der Waals surface area contributed by atoms with Gasteiger partial charge in [0.1, 0.15) is 17.2 Å². The molecule has 2 rings (SSSR count). The van der Waals surface area contributed by atoms with Crippen LogP contribution in [0.1, 0.15) is 38.0 Å². The highest BCUT2D eigenvalue weighted by atomic mass is 32.2. The molecule has 1 heterocycles. The van der Waals surface area contributed by atoms with Crippen LogP contribution in [0.3, 0.4) is 0 Å². The van der Waals surface area contributed by atoms with Crippen LogP contribution in [0.15, 0.2) is 12.1 Å². The summed E-state index contributed by atoms with van der Waals surface area (Å²) in [5.41, 5.74) is -0.965. The Morgan fingerprint density at radius 2 is 1.96 bits per heavy atom. The molecule has 2 atom stereocenters. The number of rotatable bonds is 2. The molecule has 1 N–H and O–H groups in total. The Labute approximate surface area is 142 Å². The average molecular weight is 361 g/mol. The smallest absolute Gasteiger partial charge is 0.407 e. The molecular weight excluding hydrogens is 343 g/mol. The van der Waals surface area contributed by atoms with Crippen LogP contribution in [-0.4, -0.2) is 29.3 Å². The molecule has 24 heavy (non-hydrogen) atoms. The number of hydrogen-bond acceptors (Lipinski definition) is 4. The second-order valence-corrected chi connectivity index (χ2v) is 7.65. The van der Waals surface area contributed by atoms with Crippen molar-refractivity contribution in [1.29, 1.82) is 0 Å². The molecule has 0 radical (unpaired) electrons. The fourth-order valence-electron chi connectivity index (χ4n) is 2.39. The number of benzene rings is 1. The number of amides is 1. The van der Waals surface area contributed by atoms with Gasteiger partial charge in [-0.05, 0) is 26.8 Å². The van der Waals surface area contributed by atoms with E-state index in [0.29, 0.717) is 6.07 Å². The number of alkyl carbamates (subject to hydrolysis) is 1. The van der Waals surface area contributed by atoms with Crippen LogP contribution in [0.4, 0.5) is 18.0 Å². The van der Waals surface area contributed by atoms with E-state index in [1.165, 1.54) is 0 Å². The van der Waals surface area contributed by atoms with Crippen LogP contribution in [-0.2, 0) is 9.53 Å². The predicted molar refractivity (Wildman–Crippen MR) is 84.3 cm³/mol. The van der Waals surface area contributed by atoms with Gasteiger partial charge in [0, 0.05) is 18.1 Å². The zero-order valence-electron chi connectivity index (χ0n) is 13.5. The summed E-state index contributed by atoms with van der Waals surface area (Å²) < 4.78 is 46.1. The zero-order chi connectivity index (χ0) is 18.1. The fraction of sp³-hybridized carbons (Fsp3) is 0.500. The normalized spacial score (nSPS) is 21.5. The van der Waals surface area contributed by atoms with Crippen molar-refractivity contribution in [2.45, 2.75) is 44.1 Å². The van der Waals surface area contributed by atoms with Crippen LogP contribution in [0.25, 0.3) is 0 Å². The van der Waals surface area contributed by atoms with Crippen LogP contribution in [0.5, 0.6) is 0 Å². The Morgan fingerprint density at radius 1 is 1.29 bits per heavy atom. The lowest BCUT2D eigenvalue weighted by Crippen LogP contribution is -2.45. The first-order chi connectivity index (χ1) is 11.1. The summed E-state index contributed by atoms with van der Waals surface area (Å²) in [4.78, 5) is 23.6. The van der Waals surface area contributed by atoms with E-state index in [2.05, 4.69) is 5.32 Å². The minimum atomic E-state index is -1.31. The summed E-state index contributed by atoms with van der Waals surface area (Å²) in [7, 11) is 0. The number of Topliss-reactive ketones (excluding diaryl/α,β-unsaturated/α-hetero) is 1. The predicted octanol–water partition coefficient (Wildman–Crippen LogP) is 3.74. The highest BCUT2D eigenvalue weighted by Crippen LogP contribution is 2.39. The SMILES string of the molecule is CC(C)(C)OC(=O)N[C@H]1CC(=O)CS[C@@H]1c1cc(F)cc(F)c1F. The Kier molecular flexibility index (Phi) is 5.47. The van der Waals surface area contributed by atoms with E-state index in [9.17, 15) is 22.8 Å². The van der Waals surface area contributed by atoms with Crippen molar-refractivity contribution in [3.63, 3.8) is 0 Å². The van der Waals surface area contributed by atoms with Crippen molar-refractivity contribution in [3.05, 3.63) is 35.1 Å². The van der Waals surface area contributed by atoms with Crippen molar-refractivity contribution in [3.8, 4) is 0 Å². The molecule has 0 aromatic heterocycles. The van der Waals surface area contributed by atoms with E-state index in [1.807, 2.05) is 0 Å². The molecule has 1 aromatic carbocycles. The molecule has 1 aliphatic rings. The number of nitrogens with one attached hydrogen (secondary N) is 1. The monoisotopic (exact) mass is 361 g/mol. The molecule has 4 nitrogen and oxygen atoms in total. The lowest BCUT2D eigenvalue weighted by molar-refractivity contribution is -0.117. The minimum absolute atomic E-state index is 0.0610. The van der Waals surface area contributed by atoms with Gasteiger partial charge >= 0.3 is 6.09 Å². The van der Waals surface area contributed by atoms with Gasteiger partial charge in [0.05, 0.1) is 17.0 Å². The summed E-state index contributed by atoms with van der Waals surface area (Å²) in [6.45, 7) is 5.02. The second kappa shape index (κ2) is 7.04. The number of carbonyl (C=O) groups is 2. The zero-order valence-corrected chi connectivity index (χ0v) is 14.3. The fourth-order valence-corrected chi connectivity index (χ4v) is 3.62. The van der Waals surface area contributed by atoms with E-state index >= 15 is 0 Å². The maximum Gasteiger partial charge on any atom is 0.407 e. The van der Waals surface area contributed by atoms with Crippen LogP contribution in [0, 0.1) is 17.5 Å². The van der Waals surface area contributed by atoms with Gasteiger partial charge in [-0.15, -0.1) is 11.8 Å². The van der Waals surface area contributed by atoms with Gasteiger partial charge in [0.25, 0.3) is 0 Å². The van der Waals surface area contributed by atoms with Crippen LogP contribution in [0.2, 0.25) is 0 Å². The Balaban J connectivity index is 2.26. The van der Waals surface area contributed by atoms with E-state index in [0.717, 1.165) is 17.8 Å². The highest BCUT2D eigenvalue weighted by molar-refractivity contribution is 8.00. The maximum atomic E-state index is 14.1. The molecule has 0 saturated carbocycles. The first kappa shape index (κ1) is 18.6. The molecule has 1 saturated heterocycles. The van der Waals surface area contributed by atoms with E-state index < -0.39 is 40.4 Å². The van der Waals surface area contributed by atoms with Crippen molar-refractivity contribution in [2.75, 3.05) is 5.75 Å². The maximum absolute atomic E-state index is 14.1. The van der Waals surface area contributed by atoms with E-state index in [4.69, 9.17) is 4.74 Å². The Hall–Kier alpha value is -1.70. The summed E-state index contributed by atoms with van der Waals surface area (Å²) in [6, 6.07) is 0.519. The molecule has 0 spiro atoms. The van der Waals surface area contributed by atoms with E-state index in [-0.39, 0.29) is 23.5 Å². The topological polar surface area (TPSA) is 55.4 Å². The number of halogens is 3. The standard InChI is InChI=1S/C16H18F3NO3S/c1-16(2,3)23-15(22)20-12-6-9(21)7-24-14(12)10-4-8(17)5-11(18)13(10)19/h4-5,12,14H,6-7H2,1-3H3,(H,20,22)/t12-,14+/m0/s1. The molecule has 0 bridgehead atoms. The van der Waals surface area contributed by atoms with Gasteiger partial charge in [0.15, 0.2) is 11.6 Å². The molecular formula is C16H18F3NO3S. The molecule has 1 aliphatic heterocycles. The third-order valence-electron chi connectivity index (χ3n) is 3.27. The van der Waals surface area contributed by atoms with E-state index in [1.54, 1.807) is 20.8 Å². The molecule has 1 amide bonds. The summed E-state index contributed by atoms with van der Waals surface area (Å²) in [6.07, 6.45) is -0.834. The second-order valence-electron chi connectivity index (χ2n) is 6.52. The number of hydrogen-bond donors (Lipinski definition) is 1. The first-order valence-corrected chi connectivity index (χ1v) is 8.39. The largest absolute Gasteiger partial charge is 0.444 e. The molecule has 0 aliphatic carbocycles. The Bertz CT molecular complexity index is 661. The van der Waals surface area contributed by atoms with Crippen LogP contribution >= 0.6 is 11.8 Å². The average Bonchev–Trinajstić information content (AvgIpc) is 2.41. The van der Waals surface area contributed by atoms with Crippen molar-refractivity contribution < 1.29 is 27.5 Å². The molecule has 8 heteroatoms. The van der Waals surface area contributed by atoms with Crippen LogP contribution < -0.4 is 5.32 Å². The molecule has 1 fully saturated rings. The van der Waals surface area contributed by atoms with Gasteiger partial charge in [-0.3, -0.25) is 4.79 Å². The Morgan fingerprint density at radius 3 is 2.58 bits per heavy atom. The van der Waals surface area contributed by atoms with Gasteiger partial charge in [-0.2, -0.15) is 0 Å². The minimum Gasteiger partial charge on any atom is -0.444 e. The van der Waals surface area contributed by atoms with Gasteiger partial charge in [-0.1, -0.05) is 0 Å². The summed E-state index contributed by atoms with van der Waals surface area (Å²) in [5.74, 6) is -3.47. The number of ether oxygens (including phenoxy) is 1. The van der Waals surface area contributed by atoms with Crippen molar-refractivity contribution in [2.24, 2.45) is 0 Å². The highest BCUT2D eigenvalue weighted by Gasteiger charge is 2.35. The van der Waals surface area contributed by atoms with Gasteiger partial charge in [0.2, 0.25) is 0 Å². The quantitative estimate of drug-likeness (QED) is 0.816.